The van der Waals surface area contributed by atoms with Gasteiger partial charge in [-0.05, 0) is 0 Å². The van der Waals surface area contributed by atoms with E-state index in [-0.39, 0.29) is 11.4 Å². The fourth-order valence-corrected chi connectivity index (χ4v) is 2.34. The molecule has 0 spiro atoms. The topological polar surface area (TPSA) is 103 Å². The maximum absolute atomic E-state index is 11.9. The van der Waals surface area contributed by atoms with Gasteiger partial charge in [-0.25, -0.2) is 8.42 Å². The molecular weight excluding hydrogens is 234 g/mol. The molecule has 88 valence electrons. The van der Waals surface area contributed by atoms with Crippen LogP contribution in [0.2, 0.25) is 0 Å². The first-order valence-electron chi connectivity index (χ1n) is 4.30. The average Bonchev–Trinajstić information content (AvgIpc) is 2.69. The van der Waals surface area contributed by atoms with Gasteiger partial charge in [0.2, 0.25) is 10.0 Å². The molecule has 0 aliphatic heterocycles. The minimum Gasteiger partial charge on any atom is -0.480 e. The Hall–Kier alpha value is -1.67. The highest BCUT2D eigenvalue weighted by molar-refractivity contribution is 7.89. The van der Waals surface area contributed by atoms with E-state index in [1.807, 2.05) is 0 Å². The number of carbonyl (C=O) groups is 1. The number of sulfonamides is 1. The number of hydrogen-bond donors (Lipinski definition) is 2. The van der Waals surface area contributed by atoms with E-state index in [9.17, 15) is 13.2 Å². The lowest BCUT2D eigenvalue weighted by Crippen LogP contribution is -2.35. The summed E-state index contributed by atoms with van der Waals surface area (Å²) in [7, 11) is -3.83. The Bertz CT molecular complexity index is 465. The molecule has 0 amide bonds. The van der Waals surface area contributed by atoms with Crippen LogP contribution in [0.15, 0.2) is 29.9 Å². The van der Waals surface area contributed by atoms with E-state index in [4.69, 9.17) is 5.11 Å². The number of carboxylic acid groups (broad SMARTS) is 1. The Labute approximate surface area is 92.4 Å². The van der Waals surface area contributed by atoms with E-state index in [1.54, 1.807) is 0 Å². The lowest BCUT2D eigenvalue weighted by Gasteiger charge is -2.17. The summed E-state index contributed by atoms with van der Waals surface area (Å²) in [6.07, 6.45) is 3.63. The molecule has 0 aromatic carbocycles. The van der Waals surface area contributed by atoms with Crippen molar-refractivity contribution in [3.8, 4) is 0 Å². The number of aliphatic carboxylic acids is 1. The molecule has 0 radical (unpaired) electrons. The van der Waals surface area contributed by atoms with Crippen molar-refractivity contribution in [2.24, 2.45) is 0 Å². The zero-order valence-electron chi connectivity index (χ0n) is 8.33. The number of nitrogens with zero attached hydrogens (tertiary/aromatic N) is 2. The molecule has 1 aromatic rings. The number of rotatable bonds is 6. The van der Waals surface area contributed by atoms with Gasteiger partial charge >= 0.3 is 5.97 Å². The highest BCUT2D eigenvalue weighted by Crippen LogP contribution is 2.13. The van der Waals surface area contributed by atoms with E-state index in [0.29, 0.717) is 0 Å². The second kappa shape index (κ2) is 4.90. The largest absolute Gasteiger partial charge is 0.480 e. The molecule has 0 aliphatic carbocycles. The average molecular weight is 245 g/mol. The number of carboxylic acids is 1. The third-order valence-corrected chi connectivity index (χ3v) is 3.53. The molecule has 16 heavy (non-hydrogen) atoms. The van der Waals surface area contributed by atoms with Gasteiger partial charge in [0.15, 0.2) is 0 Å². The molecule has 8 heteroatoms. The Morgan fingerprint density at radius 1 is 1.69 bits per heavy atom. The van der Waals surface area contributed by atoms with Crippen molar-refractivity contribution in [1.29, 1.82) is 0 Å². The zero-order chi connectivity index (χ0) is 12.2. The lowest BCUT2D eigenvalue weighted by atomic mass is 10.6. The van der Waals surface area contributed by atoms with Crippen LogP contribution in [0.5, 0.6) is 0 Å². The van der Waals surface area contributed by atoms with E-state index < -0.39 is 22.5 Å². The van der Waals surface area contributed by atoms with Crippen LogP contribution in [0.4, 0.5) is 0 Å². The standard InChI is InChI=1S/C8H11N3O4S/c1-2-3-11(6-8(12)13)16(14,15)7-4-9-10-5-7/h2,4-5H,1,3,6H2,(H,9,10)(H,12,13). The molecule has 0 unspecified atom stereocenters. The molecule has 0 fully saturated rings. The van der Waals surface area contributed by atoms with E-state index in [0.717, 1.165) is 10.5 Å². The second-order valence-corrected chi connectivity index (χ2v) is 4.85. The molecule has 0 saturated carbocycles. The molecular formula is C8H11N3O4S. The van der Waals surface area contributed by atoms with E-state index >= 15 is 0 Å². The van der Waals surface area contributed by atoms with Crippen molar-refractivity contribution < 1.29 is 18.3 Å². The van der Waals surface area contributed by atoms with Gasteiger partial charge in [-0.2, -0.15) is 9.40 Å². The summed E-state index contributed by atoms with van der Waals surface area (Å²) in [4.78, 5) is 10.5. The van der Waals surface area contributed by atoms with Crippen LogP contribution < -0.4 is 0 Å². The SMILES string of the molecule is C=CCN(CC(=O)O)S(=O)(=O)c1cn[nH]c1. The lowest BCUT2D eigenvalue weighted by molar-refractivity contribution is -0.137. The quantitative estimate of drug-likeness (QED) is 0.668. The van der Waals surface area contributed by atoms with Crippen LogP contribution in [-0.4, -0.2) is 47.1 Å². The predicted octanol–water partition coefficient (Wildman–Crippen LogP) is -0.329. The summed E-state index contributed by atoms with van der Waals surface area (Å²) >= 11 is 0. The van der Waals surface area contributed by atoms with Crippen LogP contribution in [0.3, 0.4) is 0 Å². The maximum Gasteiger partial charge on any atom is 0.318 e. The van der Waals surface area contributed by atoms with Crippen LogP contribution in [0.1, 0.15) is 0 Å². The minimum absolute atomic E-state index is 0.0696. The molecule has 0 atom stereocenters. The Balaban J connectivity index is 3.02. The van der Waals surface area contributed by atoms with Gasteiger partial charge in [-0.15, -0.1) is 6.58 Å². The molecule has 1 rings (SSSR count). The van der Waals surface area contributed by atoms with Gasteiger partial charge in [0.1, 0.15) is 11.4 Å². The van der Waals surface area contributed by atoms with Gasteiger partial charge in [-0.1, -0.05) is 6.08 Å². The third-order valence-electron chi connectivity index (χ3n) is 1.76. The normalized spacial score (nSPS) is 11.6. The molecule has 0 saturated heterocycles. The van der Waals surface area contributed by atoms with E-state index in [2.05, 4.69) is 16.8 Å². The van der Waals surface area contributed by atoms with Crippen molar-refractivity contribution in [2.75, 3.05) is 13.1 Å². The van der Waals surface area contributed by atoms with Crippen LogP contribution in [0.25, 0.3) is 0 Å². The Morgan fingerprint density at radius 2 is 2.38 bits per heavy atom. The highest BCUT2D eigenvalue weighted by Gasteiger charge is 2.26. The van der Waals surface area contributed by atoms with Crippen molar-refractivity contribution in [2.45, 2.75) is 4.90 Å². The Morgan fingerprint density at radius 3 is 2.81 bits per heavy atom. The fraction of sp³-hybridized carbons (Fsp3) is 0.250. The number of hydrogen-bond acceptors (Lipinski definition) is 4. The summed E-state index contributed by atoms with van der Waals surface area (Å²) in [6, 6.07) is 0. The first-order valence-corrected chi connectivity index (χ1v) is 5.74. The highest BCUT2D eigenvalue weighted by atomic mass is 32.2. The van der Waals surface area contributed by atoms with Gasteiger partial charge in [0.05, 0.1) is 6.20 Å². The number of aromatic nitrogens is 2. The monoisotopic (exact) mass is 245 g/mol. The summed E-state index contributed by atoms with van der Waals surface area (Å²) in [5.41, 5.74) is 0. The van der Waals surface area contributed by atoms with Crippen molar-refractivity contribution in [3.05, 3.63) is 25.0 Å². The number of aromatic amines is 1. The fourth-order valence-electron chi connectivity index (χ4n) is 1.07. The predicted molar refractivity (Wildman–Crippen MR) is 55.2 cm³/mol. The zero-order valence-corrected chi connectivity index (χ0v) is 9.14. The van der Waals surface area contributed by atoms with E-state index in [1.165, 1.54) is 12.3 Å². The Kier molecular flexibility index (Phi) is 3.80. The number of nitrogens with one attached hydrogen (secondary N) is 1. The summed E-state index contributed by atoms with van der Waals surface area (Å²) in [5, 5.41) is 14.5. The molecule has 1 aromatic heterocycles. The van der Waals surface area contributed by atoms with Gasteiger partial charge in [0.25, 0.3) is 0 Å². The summed E-state index contributed by atoms with van der Waals surface area (Å²) in [5.74, 6) is -1.23. The van der Waals surface area contributed by atoms with Crippen molar-refractivity contribution in [1.82, 2.24) is 14.5 Å². The molecule has 2 N–H and O–H groups in total. The molecule has 1 heterocycles. The molecule has 0 aliphatic rings. The maximum atomic E-state index is 11.9. The second-order valence-electron chi connectivity index (χ2n) is 2.91. The molecule has 7 nitrogen and oxygen atoms in total. The van der Waals surface area contributed by atoms with Crippen LogP contribution in [-0.2, 0) is 14.8 Å². The minimum atomic E-state index is -3.83. The third kappa shape index (κ3) is 2.67. The first-order chi connectivity index (χ1) is 7.48. The van der Waals surface area contributed by atoms with Gasteiger partial charge in [0, 0.05) is 12.7 Å². The molecule has 0 bridgehead atoms. The van der Waals surface area contributed by atoms with Crippen molar-refractivity contribution in [3.63, 3.8) is 0 Å². The van der Waals surface area contributed by atoms with Crippen molar-refractivity contribution >= 4 is 16.0 Å². The first kappa shape index (κ1) is 12.4. The number of H-pyrrole nitrogens is 1. The smallest absolute Gasteiger partial charge is 0.318 e. The summed E-state index contributed by atoms with van der Waals surface area (Å²) < 4.78 is 24.5. The summed E-state index contributed by atoms with van der Waals surface area (Å²) in [6.45, 7) is 2.70. The van der Waals surface area contributed by atoms with Gasteiger partial charge < -0.3 is 5.11 Å². The van der Waals surface area contributed by atoms with Gasteiger partial charge in [-0.3, -0.25) is 9.89 Å². The van der Waals surface area contributed by atoms with Crippen LogP contribution >= 0.6 is 0 Å². The van der Waals surface area contributed by atoms with Crippen LogP contribution in [0, 0.1) is 0 Å².